The molecule has 1 heterocycles. The molecule has 0 atom stereocenters. The number of hydrogen-bond donors (Lipinski definition) is 3. The van der Waals surface area contributed by atoms with Crippen LogP contribution in [-0.4, -0.2) is 9.97 Å². The number of nitrogens with one attached hydrogen (secondary N) is 1. The van der Waals surface area contributed by atoms with Crippen LogP contribution in [0.5, 0.6) is 0 Å². The summed E-state index contributed by atoms with van der Waals surface area (Å²) in [7, 11) is 0. The third-order valence-electron chi connectivity index (χ3n) is 1.90. The van der Waals surface area contributed by atoms with Crippen LogP contribution in [0.1, 0.15) is 0 Å². The number of nitrogen functional groups attached to an aromatic ring is 2. The van der Waals surface area contributed by atoms with Crippen molar-refractivity contribution in [1.82, 2.24) is 9.97 Å². The average Bonchev–Trinajstić information content (AvgIpc) is 2.57. The van der Waals surface area contributed by atoms with Gasteiger partial charge in [-0.2, -0.15) is 0 Å². The zero-order chi connectivity index (χ0) is 10.1. The molecule has 0 amide bonds. The molecule has 0 saturated carbocycles. The second kappa shape index (κ2) is 3.23. The van der Waals surface area contributed by atoms with E-state index in [1.165, 1.54) is 0 Å². The van der Waals surface area contributed by atoms with Gasteiger partial charge >= 0.3 is 0 Å². The Bertz CT molecular complexity index is 464. The molecule has 0 spiro atoms. The van der Waals surface area contributed by atoms with Crippen molar-refractivity contribution in [2.45, 2.75) is 0 Å². The van der Waals surface area contributed by atoms with Gasteiger partial charge in [-0.3, -0.25) is 0 Å². The largest absolute Gasteiger partial charge is 0.398 e. The van der Waals surface area contributed by atoms with Crippen molar-refractivity contribution < 1.29 is 0 Å². The topological polar surface area (TPSA) is 80.7 Å². The Morgan fingerprint density at radius 2 is 2.07 bits per heavy atom. The van der Waals surface area contributed by atoms with Crippen LogP contribution in [-0.2, 0) is 0 Å². The number of nitrogens with zero attached hydrogens (tertiary/aromatic N) is 1. The van der Waals surface area contributed by atoms with Gasteiger partial charge in [-0.15, -0.1) is 0 Å². The summed E-state index contributed by atoms with van der Waals surface area (Å²) in [5.41, 5.74) is 13.4. The zero-order valence-corrected chi connectivity index (χ0v) is 8.05. The lowest BCUT2D eigenvalue weighted by atomic mass is 10.1. The normalized spacial score (nSPS) is 10.4. The molecule has 4 nitrogen and oxygen atoms in total. The molecule has 0 aliphatic carbocycles. The van der Waals surface area contributed by atoms with Gasteiger partial charge in [0.15, 0.2) is 5.95 Å². The second-order valence-corrected chi connectivity index (χ2v) is 3.33. The van der Waals surface area contributed by atoms with E-state index in [9.17, 15) is 0 Å². The van der Waals surface area contributed by atoms with Crippen LogP contribution in [0.15, 0.2) is 24.4 Å². The van der Waals surface area contributed by atoms with Crippen molar-refractivity contribution in [3.8, 4) is 11.3 Å². The van der Waals surface area contributed by atoms with Gasteiger partial charge in [0.05, 0.1) is 22.6 Å². The summed E-state index contributed by atoms with van der Waals surface area (Å²) in [6, 6.07) is 5.37. The number of H-pyrrole nitrogens is 1. The first-order valence-electron chi connectivity index (χ1n) is 4.02. The molecule has 5 heteroatoms. The Kier molecular flexibility index (Phi) is 2.05. The van der Waals surface area contributed by atoms with Crippen LogP contribution in [0.2, 0.25) is 5.02 Å². The van der Waals surface area contributed by atoms with Crippen LogP contribution >= 0.6 is 11.6 Å². The van der Waals surface area contributed by atoms with Crippen LogP contribution < -0.4 is 11.5 Å². The number of hydrogen-bond acceptors (Lipinski definition) is 3. The molecule has 1 aromatic carbocycles. The fourth-order valence-corrected chi connectivity index (χ4v) is 1.31. The molecule has 1 aromatic heterocycles. The molecule has 0 aliphatic heterocycles. The third-order valence-corrected chi connectivity index (χ3v) is 2.25. The SMILES string of the molecule is Nc1ncc(-c2ccc(Cl)c(N)c2)[nH]1. The second-order valence-electron chi connectivity index (χ2n) is 2.92. The van der Waals surface area contributed by atoms with E-state index in [1.807, 2.05) is 6.07 Å². The van der Waals surface area contributed by atoms with Crippen molar-refractivity contribution in [2.24, 2.45) is 0 Å². The fourth-order valence-electron chi connectivity index (χ4n) is 1.19. The van der Waals surface area contributed by atoms with Crippen molar-refractivity contribution in [3.05, 3.63) is 29.4 Å². The Hall–Kier alpha value is -1.68. The molecule has 0 bridgehead atoms. The van der Waals surface area contributed by atoms with E-state index in [4.69, 9.17) is 23.1 Å². The Labute approximate surface area is 85.9 Å². The van der Waals surface area contributed by atoms with Crippen molar-refractivity contribution in [1.29, 1.82) is 0 Å². The van der Waals surface area contributed by atoms with Crippen LogP contribution in [0.3, 0.4) is 0 Å². The predicted molar refractivity (Wildman–Crippen MR) is 57.9 cm³/mol. The number of halogens is 1. The van der Waals surface area contributed by atoms with Gasteiger partial charge in [-0.25, -0.2) is 4.98 Å². The summed E-state index contributed by atoms with van der Waals surface area (Å²) in [5, 5.41) is 0.543. The van der Waals surface area contributed by atoms with Gasteiger partial charge < -0.3 is 16.5 Å². The highest BCUT2D eigenvalue weighted by molar-refractivity contribution is 6.33. The summed E-state index contributed by atoms with van der Waals surface area (Å²) < 4.78 is 0. The van der Waals surface area contributed by atoms with E-state index in [2.05, 4.69) is 9.97 Å². The minimum absolute atomic E-state index is 0.383. The van der Waals surface area contributed by atoms with E-state index in [0.29, 0.717) is 16.7 Å². The summed E-state index contributed by atoms with van der Waals surface area (Å²) in [4.78, 5) is 6.80. The zero-order valence-electron chi connectivity index (χ0n) is 7.29. The van der Waals surface area contributed by atoms with E-state index >= 15 is 0 Å². The quantitative estimate of drug-likeness (QED) is 0.626. The van der Waals surface area contributed by atoms with Gasteiger partial charge in [-0.1, -0.05) is 17.7 Å². The maximum Gasteiger partial charge on any atom is 0.197 e. The molecule has 0 saturated heterocycles. The first-order chi connectivity index (χ1) is 6.66. The number of rotatable bonds is 1. The molecule has 0 radical (unpaired) electrons. The minimum Gasteiger partial charge on any atom is -0.398 e. The minimum atomic E-state index is 0.383. The summed E-state index contributed by atoms with van der Waals surface area (Å²) in [6.07, 6.45) is 1.65. The Balaban J connectivity index is 2.47. The molecule has 5 N–H and O–H groups in total. The maximum atomic E-state index is 5.80. The number of imidazole rings is 1. The number of anilines is 2. The van der Waals surface area contributed by atoms with E-state index in [-0.39, 0.29) is 0 Å². The maximum absolute atomic E-state index is 5.80. The molecule has 2 aromatic rings. The summed E-state index contributed by atoms with van der Waals surface area (Å²) in [5.74, 6) is 0.383. The van der Waals surface area contributed by atoms with Gasteiger partial charge in [0.25, 0.3) is 0 Å². The highest BCUT2D eigenvalue weighted by atomic mass is 35.5. The van der Waals surface area contributed by atoms with Crippen LogP contribution in [0, 0.1) is 0 Å². The summed E-state index contributed by atoms with van der Waals surface area (Å²) in [6.45, 7) is 0. The molecule has 0 unspecified atom stereocenters. The first-order valence-corrected chi connectivity index (χ1v) is 4.40. The lowest BCUT2D eigenvalue weighted by Gasteiger charge is -2.00. The molecule has 14 heavy (non-hydrogen) atoms. The molecule has 0 fully saturated rings. The fraction of sp³-hybridized carbons (Fsp3) is 0. The highest BCUT2D eigenvalue weighted by Gasteiger charge is 2.03. The van der Waals surface area contributed by atoms with Gasteiger partial charge in [-0.05, 0) is 12.1 Å². The first kappa shape index (κ1) is 8.90. The predicted octanol–water partition coefficient (Wildman–Crippen LogP) is 1.89. The van der Waals surface area contributed by atoms with Gasteiger partial charge in [0.1, 0.15) is 0 Å². The number of nitrogens with two attached hydrogens (primary N) is 2. The third kappa shape index (κ3) is 1.52. The molecular weight excluding hydrogens is 200 g/mol. The highest BCUT2D eigenvalue weighted by Crippen LogP contribution is 2.25. The monoisotopic (exact) mass is 208 g/mol. The average molecular weight is 209 g/mol. The van der Waals surface area contributed by atoms with Crippen molar-refractivity contribution in [3.63, 3.8) is 0 Å². The Morgan fingerprint density at radius 1 is 1.29 bits per heavy atom. The summed E-state index contributed by atoms with van der Waals surface area (Å²) >= 11 is 5.80. The van der Waals surface area contributed by atoms with Crippen LogP contribution in [0.4, 0.5) is 11.6 Å². The van der Waals surface area contributed by atoms with Gasteiger partial charge in [0.2, 0.25) is 0 Å². The lowest BCUT2D eigenvalue weighted by Crippen LogP contribution is -1.88. The molecule has 2 rings (SSSR count). The van der Waals surface area contributed by atoms with Gasteiger partial charge in [0, 0.05) is 5.56 Å². The number of aromatic amines is 1. The number of benzene rings is 1. The molecule has 0 aliphatic rings. The van der Waals surface area contributed by atoms with E-state index in [0.717, 1.165) is 11.3 Å². The van der Waals surface area contributed by atoms with Crippen LogP contribution in [0.25, 0.3) is 11.3 Å². The van der Waals surface area contributed by atoms with E-state index in [1.54, 1.807) is 18.3 Å². The molecular formula is C9H9ClN4. The lowest BCUT2D eigenvalue weighted by molar-refractivity contribution is 1.33. The number of aromatic nitrogens is 2. The Morgan fingerprint density at radius 3 is 2.64 bits per heavy atom. The van der Waals surface area contributed by atoms with Crippen molar-refractivity contribution in [2.75, 3.05) is 11.5 Å². The molecule has 72 valence electrons. The smallest absolute Gasteiger partial charge is 0.197 e. The standard InChI is InChI=1S/C9H9ClN4/c10-6-2-1-5(3-7(6)11)8-4-13-9(12)14-8/h1-4H,11H2,(H3,12,13,14). The van der Waals surface area contributed by atoms with E-state index < -0.39 is 0 Å². The van der Waals surface area contributed by atoms with Crippen molar-refractivity contribution >= 4 is 23.2 Å².